The molecule has 2 aliphatic heterocycles. The monoisotopic (exact) mass is 1740 g/mol. The average molecular weight is 1740 g/mol. The Kier molecular flexibility index (Phi) is 40.5. The Balaban J connectivity index is 0.822. The maximum atomic E-state index is 4.80. The van der Waals surface area contributed by atoms with Gasteiger partial charge in [-0.05, 0) is 164 Å². The minimum absolute atomic E-state index is 0.484. The first kappa shape index (κ1) is 91.6. The van der Waals surface area contributed by atoms with Gasteiger partial charge in [0.2, 0.25) is 0 Å². The van der Waals surface area contributed by atoms with Crippen molar-refractivity contribution in [3.63, 3.8) is 0 Å². The van der Waals surface area contributed by atoms with Gasteiger partial charge in [0.25, 0.3) is 0 Å². The first-order valence-corrected chi connectivity index (χ1v) is 53.5. The molecule has 0 fully saturated rings. The lowest BCUT2D eigenvalue weighted by Crippen LogP contribution is -2.37. The van der Waals surface area contributed by atoms with E-state index in [1.54, 1.807) is 0 Å². The van der Waals surface area contributed by atoms with Crippen molar-refractivity contribution in [2.45, 2.75) is 431 Å². The molecule has 0 bridgehead atoms. The molecule has 4 heterocycles. The molecular weight excluding hydrogens is 1590 g/mol. The molecule has 3 aliphatic carbocycles. The van der Waals surface area contributed by atoms with Gasteiger partial charge >= 0.3 is 0 Å². The molecule has 0 N–H and O–H groups in total. The van der Waals surface area contributed by atoms with Gasteiger partial charge in [-0.3, -0.25) is 0 Å². The Hall–Kier alpha value is -3.10. The van der Waals surface area contributed by atoms with Crippen LogP contribution in [-0.4, -0.2) is 7.31 Å². The van der Waals surface area contributed by atoms with Crippen LogP contribution in [0.4, 0.5) is 0 Å². The highest BCUT2D eigenvalue weighted by Gasteiger charge is 2.64. The quantitative estimate of drug-likeness (QED) is 0.0276. The second-order valence-electron chi connectivity index (χ2n) is 36.0. The van der Waals surface area contributed by atoms with Gasteiger partial charge in [-0.15, -0.1) is 22.7 Å². The van der Waals surface area contributed by atoms with Crippen molar-refractivity contribution < 1.29 is 0 Å². The Morgan fingerprint density at radius 1 is 0.228 bits per heavy atom. The van der Waals surface area contributed by atoms with Crippen LogP contribution in [0.25, 0.3) is 9.81 Å². The smallest absolute Gasteiger partial charge is 0.119 e. The summed E-state index contributed by atoms with van der Waals surface area (Å²) in [5.74, 6) is 0. The van der Waals surface area contributed by atoms with Gasteiger partial charge in [0.15, 0.2) is 0 Å². The summed E-state index contributed by atoms with van der Waals surface area (Å²) in [6, 6.07) is 45.7. The number of unbranched alkanes of at least 4 members (excludes halogenated alkanes) is 52. The largest absolute Gasteiger partial charge is 0.143 e. The van der Waals surface area contributed by atoms with Crippen LogP contribution in [0.5, 0.6) is 0 Å². The molecule has 0 saturated heterocycles. The number of hydrogen-bond donors (Lipinski definition) is 0. The van der Waals surface area contributed by atoms with Gasteiger partial charge in [-0.2, -0.15) is 0 Å². The van der Waals surface area contributed by atoms with Gasteiger partial charge in [0.1, 0.15) is 7.31 Å². The summed E-state index contributed by atoms with van der Waals surface area (Å²) < 4.78 is -0.975. The number of thiophene rings is 2. The molecule has 0 nitrogen and oxygen atoms in total. The minimum atomic E-state index is -0.488. The van der Waals surface area contributed by atoms with Crippen LogP contribution in [0, 0.1) is 0 Å². The number of hydrogen-bond acceptors (Lipinski definition) is 4. The van der Waals surface area contributed by atoms with Gasteiger partial charge in [-0.1, -0.05) is 514 Å². The number of thioether (sulfide) groups is 2. The van der Waals surface area contributed by atoms with E-state index in [2.05, 4.69) is 183 Å². The maximum absolute atomic E-state index is 4.80. The lowest BCUT2D eigenvalue weighted by atomic mass is 9.63. The molecule has 5 aliphatic rings. The van der Waals surface area contributed by atoms with E-state index in [0.29, 0.717) is 0 Å². The second-order valence-corrected chi connectivity index (χ2v) is 43.9. The third-order valence-electron chi connectivity index (χ3n) is 27.0. The fraction of sp³-hybridized carbons (Fsp3) is 0.630. The van der Waals surface area contributed by atoms with Crippen LogP contribution in [-0.2, 0) is 36.5 Å². The molecule has 0 radical (unpaired) electrons. The predicted molar refractivity (Wildman–Crippen MR) is 519 cm³/mol. The van der Waals surface area contributed by atoms with Gasteiger partial charge in [-0.25, -0.2) is 0 Å². The third-order valence-corrected chi connectivity index (χ3v) is 33.9. The Morgan fingerprint density at radius 2 is 0.412 bits per heavy atom. The van der Waals surface area contributed by atoms with Gasteiger partial charge < -0.3 is 0 Å². The predicted octanol–water partition coefficient (Wildman–Crippen LogP) is 37.3. The number of halogens is 2. The van der Waals surface area contributed by atoms with Crippen LogP contribution in [0.15, 0.2) is 154 Å². The van der Waals surface area contributed by atoms with E-state index >= 15 is 0 Å². The standard InChI is InChI=1S/C108H154Br2S4/c1-5-9-13-17-21-25-29-33-37-41-45-49-53-57-61-87-65-73-91(74-66-87)107(92-75-67-88(68-76-92)62-58-54-50-46-42-38-34-30-26-22-18-14-10-6-2)95-81-83-111-101(95)103-99(107)97-85-106(110)98(86-105(97,109)113-103)100-104(114-106)102-96(82-84-112-102)108(100,93-77-69-89(70-78-93)63-59-55-51-47-43-39-35-31-27-23-19-15-11-7-3)94-79-71-90(72-80-94)64-60-56-52-48-44-40-36-32-28-24-20-16-12-8-4/h65-86H,5-64H2,1-4H3. The first-order chi connectivity index (χ1) is 56.2. The zero-order valence-electron chi connectivity index (χ0n) is 72.5. The molecule has 624 valence electrons. The second kappa shape index (κ2) is 50.3. The van der Waals surface area contributed by atoms with Crippen LogP contribution in [0.2, 0.25) is 0 Å². The van der Waals surface area contributed by atoms with Crippen molar-refractivity contribution in [1.82, 2.24) is 0 Å². The highest BCUT2D eigenvalue weighted by molar-refractivity contribution is 9.12. The number of benzene rings is 4. The van der Waals surface area contributed by atoms with E-state index in [-0.39, 0.29) is 0 Å². The SMILES string of the molecule is CCCCCCCCCCCCCCCCc1ccc(C2(c3ccc(CCCCCCCCCCCCCCCC)cc3)C3=C(SC4(Br)C=C5C6=C(SC5(Br)C=C34)c3sccc3C6(c3ccc(CCCCCCCCCCCCCCCC)cc3)c3ccc(CCCCCCCCCCCCCCCC)cc3)c3sccc32)cc1. The van der Waals surface area contributed by atoms with E-state index in [0.717, 1.165) is 25.7 Å². The number of aryl methyl sites for hydroxylation is 4. The van der Waals surface area contributed by atoms with E-state index in [4.69, 9.17) is 31.9 Å². The Bertz CT molecular complexity index is 3410. The third kappa shape index (κ3) is 25.1. The maximum Gasteiger partial charge on any atom is 0.119 e. The van der Waals surface area contributed by atoms with Crippen LogP contribution in [0.3, 0.4) is 0 Å². The summed E-state index contributed by atoms with van der Waals surface area (Å²) >= 11 is 17.7. The molecule has 2 unspecified atom stereocenters. The lowest BCUT2D eigenvalue weighted by Gasteiger charge is -2.42. The zero-order chi connectivity index (χ0) is 79.2. The first-order valence-electron chi connectivity index (χ1n) is 48.5. The molecule has 6 heteroatoms. The van der Waals surface area contributed by atoms with Crippen molar-refractivity contribution >= 4 is 87.9 Å². The van der Waals surface area contributed by atoms with Crippen LogP contribution < -0.4 is 0 Å². The summed E-state index contributed by atoms with van der Waals surface area (Å²) in [7, 11) is 0. The Morgan fingerprint density at radius 3 is 0.605 bits per heavy atom. The van der Waals surface area contributed by atoms with E-state index in [1.807, 2.05) is 22.7 Å². The molecule has 0 amide bonds. The summed E-state index contributed by atoms with van der Waals surface area (Å²) in [5, 5.41) is 4.81. The molecule has 2 atom stereocenters. The highest BCUT2D eigenvalue weighted by atomic mass is 79.9. The normalized spacial score (nSPS) is 17.6. The number of rotatable bonds is 64. The average Bonchev–Trinajstić information content (AvgIpc) is 1.49. The number of fused-ring (bicyclic) bond motifs is 8. The topological polar surface area (TPSA) is 0 Å². The van der Waals surface area contributed by atoms with Crippen LogP contribution >= 0.6 is 78.1 Å². The van der Waals surface area contributed by atoms with Gasteiger partial charge in [0.05, 0.1) is 10.8 Å². The van der Waals surface area contributed by atoms with E-state index in [9.17, 15) is 0 Å². The van der Waals surface area contributed by atoms with Crippen molar-refractivity contribution in [1.29, 1.82) is 0 Å². The number of allylic oxidation sites excluding steroid dienone is 2. The summed E-state index contributed by atoms with van der Waals surface area (Å²) in [6.45, 7) is 9.29. The summed E-state index contributed by atoms with van der Waals surface area (Å²) in [4.78, 5) is 5.80. The molecule has 6 aromatic rings. The summed E-state index contributed by atoms with van der Waals surface area (Å²) in [5.41, 5.74) is 19.3. The van der Waals surface area contributed by atoms with Gasteiger partial charge in [0, 0.05) is 19.6 Å². The fourth-order valence-electron chi connectivity index (χ4n) is 20.2. The molecule has 114 heavy (non-hydrogen) atoms. The zero-order valence-corrected chi connectivity index (χ0v) is 79.0. The van der Waals surface area contributed by atoms with Crippen molar-refractivity contribution in [2.75, 3.05) is 0 Å². The van der Waals surface area contributed by atoms with Crippen molar-refractivity contribution in [3.05, 3.63) is 220 Å². The highest BCUT2D eigenvalue weighted by Crippen LogP contribution is 2.77. The molecule has 0 saturated carbocycles. The molecule has 2 aromatic heterocycles. The fourth-order valence-corrected chi connectivity index (χ4v) is 27.2. The molecule has 0 spiro atoms. The lowest BCUT2D eigenvalue weighted by molar-refractivity contribution is 0.535. The number of alkyl halides is 2. The molecular formula is C108H154Br2S4. The molecule has 11 rings (SSSR count). The van der Waals surface area contributed by atoms with Crippen molar-refractivity contribution in [3.8, 4) is 0 Å². The Labute approximate surface area is 732 Å². The van der Waals surface area contributed by atoms with E-state index in [1.165, 1.54) is 457 Å². The summed E-state index contributed by atoms with van der Waals surface area (Å²) in [6.07, 6.45) is 88.2. The van der Waals surface area contributed by atoms with Crippen LogP contribution in [0.1, 0.15) is 453 Å². The van der Waals surface area contributed by atoms with E-state index < -0.39 is 18.1 Å². The van der Waals surface area contributed by atoms with Crippen molar-refractivity contribution in [2.24, 2.45) is 0 Å². The molecule has 4 aromatic carbocycles. The minimum Gasteiger partial charge on any atom is -0.143 e.